The second kappa shape index (κ2) is 7.90. The summed E-state index contributed by atoms with van der Waals surface area (Å²) in [6, 6.07) is 18.2. The van der Waals surface area contributed by atoms with Gasteiger partial charge in [0, 0.05) is 43.5 Å². The minimum atomic E-state index is -0.0133. The Hall–Kier alpha value is -3.05. The maximum absolute atomic E-state index is 12.5. The number of hydrogen-bond acceptors (Lipinski definition) is 4. The quantitative estimate of drug-likeness (QED) is 0.703. The monoisotopic (exact) mass is 374 g/mol. The molecule has 1 fully saturated rings. The predicted octanol–water partition coefficient (Wildman–Crippen LogP) is 4.19. The molecule has 2 aromatic heterocycles. The third kappa shape index (κ3) is 4.26. The predicted molar refractivity (Wildman–Crippen MR) is 113 cm³/mol. The molecular formula is C23H26N4O. The van der Waals surface area contributed by atoms with Gasteiger partial charge in [0.15, 0.2) is 0 Å². The van der Waals surface area contributed by atoms with Crippen molar-refractivity contribution < 1.29 is 6.22 Å². The lowest BCUT2D eigenvalue weighted by molar-refractivity contribution is -0.117. The zero-order valence-electron chi connectivity index (χ0n) is 16.2. The number of amides is 1. The Morgan fingerprint density at radius 3 is 2.50 bits per heavy atom. The molecular weight excluding hydrogens is 348 g/mol. The van der Waals surface area contributed by atoms with Crippen molar-refractivity contribution in [3.05, 3.63) is 78.2 Å². The summed E-state index contributed by atoms with van der Waals surface area (Å²) < 4.78 is 0. The van der Waals surface area contributed by atoms with Gasteiger partial charge in [0.1, 0.15) is 5.82 Å². The zero-order chi connectivity index (χ0) is 19.5. The normalized spacial score (nSPS) is 18.1. The van der Waals surface area contributed by atoms with Crippen LogP contribution in [-0.4, -0.2) is 34.9 Å². The van der Waals surface area contributed by atoms with Gasteiger partial charge < -0.3 is 10.2 Å². The van der Waals surface area contributed by atoms with Gasteiger partial charge in [-0.05, 0) is 55.9 Å². The summed E-state index contributed by atoms with van der Waals surface area (Å²) in [5.41, 5.74) is 4.42. The molecule has 28 heavy (non-hydrogen) atoms. The summed E-state index contributed by atoms with van der Waals surface area (Å²) in [6.45, 7) is 0.921. The first kappa shape index (κ1) is 18.3. The van der Waals surface area contributed by atoms with Crippen molar-refractivity contribution in [3.8, 4) is 11.1 Å². The minimum absolute atomic E-state index is 0. The number of nitrogens with one attached hydrogen (secondary N) is 1. The lowest BCUT2D eigenvalue weighted by atomic mass is 10.1. The van der Waals surface area contributed by atoms with Crippen LogP contribution in [0.15, 0.2) is 67.0 Å². The van der Waals surface area contributed by atoms with E-state index in [1.54, 1.807) is 12.4 Å². The van der Waals surface area contributed by atoms with Crippen molar-refractivity contribution in [2.75, 3.05) is 19.4 Å². The molecule has 1 aromatic carbocycles. The fourth-order valence-electron chi connectivity index (χ4n) is 3.43. The van der Waals surface area contributed by atoms with Crippen molar-refractivity contribution in [3.63, 3.8) is 0 Å². The van der Waals surface area contributed by atoms with Gasteiger partial charge in [-0.15, -0.1) is 0 Å². The molecule has 4 rings (SSSR count). The zero-order valence-corrected chi connectivity index (χ0v) is 16.2. The molecule has 144 valence electrons. The van der Waals surface area contributed by atoms with E-state index < -0.39 is 0 Å². The minimum Gasteiger partial charge on any atom is -0.310 e. The van der Waals surface area contributed by atoms with E-state index in [1.807, 2.05) is 30.3 Å². The molecule has 2 heterocycles. The van der Waals surface area contributed by atoms with E-state index in [-0.39, 0.29) is 19.2 Å². The smallest absolute Gasteiger partial charge is 0.229 e. The van der Waals surface area contributed by atoms with Gasteiger partial charge in [-0.3, -0.25) is 9.78 Å². The van der Waals surface area contributed by atoms with E-state index in [4.69, 9.17) is 0 Å². The molecule has 1 N–H and O–H groups in total. The average Bonchev–Trinajstić information content (AvgIpc) is 3.51. The van der Waals surface area contributed by atoms with Crippen LogP contribution in [0.1, 0.15) is 25.0 Å². The Kier molecular flexibility index (Phi) is 5.17. The highest BCUT2D eigenvalue weighted by Crippen LogP contribution is 2.47. The van der Waals surface area contributed by atoms with Crippen molar-refractivity contribution in [2.24, 2.45) is 5.92 Å². The van der Waals surface area contributed by atoms with E-state index in [0.717, 1.165) is 29.8 Å². The molecule has 0 saturated heterocycles. The second-order valence-electron chi connectivity index (χ2n) is 7.56. The standard InChI is InChI=1S/C23H24N4O.H2/c1-27(2)15-16-6-8-17(9-7-16)18-10-11-22(25-14-18)26-23(28)20-13-19(20)21-5-3-4-12-24-21;/h3-12,14,19-20H,13,15H2,1-2H3,(H,25,26,28);1H. The number of rotatable bonds is 6. The van der Waals surface area contributed by atoms with Crippen LogP contribution in [0.25, 0.3) is 11.1 Å². The van der Waals surface area contributed by atoms with E-state index in [2.05, 4.69) is 58.5 Å². The lowest BCUT2D eigenvalue weighted by Crippen LogP contribution is -2.15. The number of carbonyl (C=O) groups is 1. The highest BCUT2D eigenvalue weighted by atomic mass is 16.2. The van der Waals surface area contributed by atoms with E-state index in [0.29, 0.717) is 5.82 Å². The van der Waals surface area contributed by atoms with Gasteiger partial charge in [-0.25, -0.2) is 4.98 Å². The van der Waals surface area contributed by atoms with E-state index in [9.17, 15) is 4.79 Å². The first-order valence-electron chi connectivity index (χ1n) is 9.52. The van der Waals surface area contributed by atoms with E-state index >= 15 is 0 Å². The molecule has 0 aliphatic heterocycles. The first-order valence-corrected chi connectivity index (χ1v) is 9.52. The summed E-state index contributed by atoms with van der Waals surface area (Å²) in [5, 5.41) is 2.93. The van der Waals surface area contributed by atoms with Crippen LogP contribution in [0, 0.1) is 5.92 Å². The SMILES string of the molecule is CN(C)Cc1ccc(-c2ccc(NC(=O)C3CC3c3ccccn3)nc2)cc1.[HH]. The number of benzene rings is 1. The fraction of sp³-hybridized carbons (Fsp3) is 0.261. The maximum atomic E-state index is 12.5. The number of anilines is 1. The van der Waals surface area contributed by atoms with Gasteiger partial charge >= 0.3 is 0 Å². The Bertz CT molecular complexity index is 943. The van der Waals surface area contributed by atoms with Crippen molar-refractivity contribution >= 4 is 11.7 Å². The van der Waals surface area contributed by atoms with Crippen LogP contribution in [0.2, 0.25) is 0 Å². The lowest BCUT2D eigenvalue weighted by Gasteiger charge is -2.10. The van der Waals surface area contributed by atoms with Gasteiger partial charge in [0.05, 0.1) is 0 Å². The van der Waals surface area contributed by atoms with Crippen molar-refractivity contribution in [1.29, 1.82) is 0 Å². The summed E-state index contributed by atoms with van der Waals surface area (Å²) >= 11 is 0. The van der Waals surface area contributed by atoms with Crippen LogP contribution in [0.3, 0.4) is 0 Å². The molecule has 1 amide bonds. The largest absolute Gasteiger partial charge is 0.310 e. The fourth-order valence-corrected chi connectivity index (χ4v) is 3.43. The maximum Gasteiger partial charge on any atom is 0.229 e. The van der Waals surface area contributed by atoms with E-state index in [1.165, 1.54) is 5.56 Å². The molecule has 2 atom stereocenters. The van der Waals surface area contributed by atoms with Crippen LogP contribution >= 0.6 is 0 Å². The third-order valence-corrected chi connectivity index (χ3v) is 5.00. The summed E-state index contributed by atoms with van der Waals surface area (Å²) in [5.74, 6) is 0.815. The molecule has 0 radical (unpaired) electrons. The summed E-state index contributed by atoms with van der Waals surface area (Å²) in [4.78, 5) is 23.4. The van der Waals surface area contributed by atoms with Crippen LogP contribution in [-0.2, 0) is 11.3 Å². The van der Waals surface area contributed by atoms with Crippen LogP contribution in [0.4, 0.5) is 5.82 Å². The number of carbonyl (C=O) groups excluding carboxylic acids is 1. The van der Waals surface area contributed by atoms with Crippen LogP contribution in [0.5, 0.6) is 0 Å². The Labute approximate surface area is 166 Å². The van der Waals surface area contributed by atoms with Crippen molar-refractivity contribution in [1.82, 2.24) is 14.9 Å². The molecule has 3 aromatic rings. The molecule has 5 nitrogen and oxygen atoms in total. The topological polar surface area (TPSA) is 58.1 Å². The molecule has 1 aliphatic rings. The highest BCUT2D eigenvalue weighted by Gasteiger charge is 2.44. The van der Waals surface area contributed by atoms with Gasteiger partial charge in [-0.1, -0.05) is 30.3 Å². The third-order valence-electron chi connectivity index (χ3n) is 5.00. The molecule has 2 unspecified atom stereocenters. The Balaban J connectivity index is 0.00000240. The summed E-state index contributed by atoms with van der Waals surface area (Å²) in [6.07, 6.45) is 4.43. The van der Waals surface area contributed by atoms with Crippen molar-refractivity contribution in [2.45, 2.75) is 18.9 Å². The Morgan fingerprint density at radius 2 is 1.86 bits per heavy atom. The Morgan fingerprint density at radius 1 is 1.07 bits per heavy atom. The number of aromatic nitrogens is 2. The number of nitrogens with zero attached hydrogens (tertiary/aromatic N) is 3. The molecule has 1 saturated carbocycles. The molecule has 0 bridgehead atoms. The molecule has 5 heteroatoms. The van der Waals surface area contributed by atoms with Gasteiger partial charge in [0.25, 0.3) is 0 Å². The summed E-state index contributed by atoms with van der Waals surface area (Å²) in [7, 11) is 4.12. The molecule has 1 aliphatic carbocycles. The first-order chi connectivity index (χ1) is 13.6. The second-order valence-corrected chi connectivity index (χ2v) is 7.56. The van der Waals surface area contributed by atoms with Gasteiger partial charge in [0.2, 0.25) is 5.91 Å². The number of pyridine rings is 2. The van der Waals surface area contributed by atoms with Gasteiger partial charge in [-0.2, -0.15) is 0 Å². The highest BCUT2D eigenvalue weighted by molar-refractivity contribution is 5.94. The molecule has 0 spiro atoms. The average molecular weight is 374 g/mol. The number of hydrogen-bond donors (Lipinski definition) is 1. The van der Waals surface area contributed by atoms with Crippen LogP contribution < -0.4 is 5.32 Å².